The summed E-state index contributed by atoms with van der Waals surface area (Å²) in [4.78, 5) is 24.1. The zero-order chi connectivity index (χ0) is 15.6. The van der Waals surface area contributed by atoms with Gasteiger partial charge in [0.2, 0.25) is 0 Å². The van der Waals surface area contributed by atoms with Crippen LogP contribution < -0.4 is 0 Å². The van der Waals surface area contributed by atoms with Crippen molar-refractivity contribution in [3.05, 3.63) is 47.2 Å². The average molecular weight is 288 g/mol. The van der Waals surface area contributed by atoms with E-state index in [4.69, 9.17) is 9.47 Å². The van der Waals surface area contributed by atoms with E-state index in [0.717, 1.165) is 5.56 Å². The van der Waals surface area contributed by atoms with Gasteiger partial charge in [-0.05, 0) is 33.3 Å². The van der Waals surface area contributed by atoms with E-state index in [-0.39, 0.29) is 18.3 Å². The van der Waals surface area contributed by atoms with E-state index >= 15 is 0 Å². The molecule has 1 aliphatic rings. The first-order chi connectivity index (χ1) is 9.78. The van der Waals surface area contributed by atoms with Crippen LogP contribution in [0.4, 0.5) is 0 Å². The summed E-state index contributed by atoms with van der Waals surface area (Å²) in [6.07, 6.45) is 0.149. The highest BCUT2D eigenvalue weighted by molar-refractivity contribution is 5.94. The first-order valence-electron chi connectivity index (χ1n) is 6.97. The Morgan fingerprint density at radius 2 is 1.86 bits per heavy atom. The molecule has 0 amide bonds. The monoisotopic (exact) mass is 288 g/mol. The lowest BCUT2D eigenvalue weighted by Gasteiger charge is -2.28. The Hall–Kier alpha value is -2.10. The predicted octanol–water partition coefficient (Wildman–Crippen LogP) is 3.33. The third kappa shape index (κ3) is 3.72. The van der Waals surface area contributed by atoms with Crippen LogP contribution in [0.2, 0.25) is 0 Å². The van der Waals surface area contributed by atoms with Gasteiger partial charge in [0, 0.05) is 5.92 Å². The smallest absolute Gasteiger partial charge is 0.338 e. The number of carbonyl (C=O) groups is 2. The number of hydrogen-bond donors (Lipinski definition) is 0. The topological polar surface area (TPSA) is 52.6 Å². The van der Waals surface area contributed by atoms with E-state index in [1.165, 1.54) is 0 Å². The predicted molar refractivity (Wildman–Crippen MR) is 78.4 cm³/mol. The van der Waals surface area contributed by atoms with Crippen molar-refractivity contribution in [1.29, 1.82) is 0 Å². The minimum Gasteiger partial charge on any atom is -0.456 e. The van der Waals surface area contributed by atoms with Crippen LogP contribution in [0.25, 0.3) is 0 Å². The van der Waals surface area contributed by atoms with E-state index in [0.29, 0.717) is 11.3 Å². The molecule has 4 nitrogen and oxygen atoms in total. The summed E-state index contributed by atoms with van der Waals surface area (Å²) >= 11 is 0. The van der Waals surface area contributed by atoms with Crippen molar-refractivity contribution in [3.63, 3.8) is 0 Å². The quantitative estimate of drug-likeness (QED) is 0.783. The summed E-state index contributed by atoms with van der Waals surface area (Å²) < 4.78 is 10.6. The van der Waals surface area contributed by atoms with Crippen molar-refractivity contribution < 1.29 is 19.1 Å². The van der Waals surface area contributed by atoms with Crippen molar-refractivity contribution in [1.82, 2.24) is 0 Å². The molecule has 0 aromatic heterocycles. The average Bonchev–Trinajstić information content (AvgIpc) is 2.36. The Morgan fingerprint density at radius 3 is 2.43 bits per heavy atom. The van der Waals surface area contributed by atoms with Crippen LogP contribution in [-0.2, 0) is 19.1 Å². The summed E-state index contributed by atoms with van der Waals surface area (Å²) in [6, 6.07) is 9.48. The first-order valence-corrected chi connectivity index (χ1v) is 6.97. The Bertz CT molecular complexity index is 579. The van der Waals surface area contributed by atoms with Gasteiger partial charge in [0.05, 0.1) is 12.0 Å². The van der Waals surface area contributed by atoms with Crippen LogP contribution in [0.1, 0.15) is 45.6 Å². The van der Waals surface area contributed by atoms with Gasteiger partial charge >= 0.3 is 11.9 Å². The molecule has 1 heterocycles. The van der Waals surface area contributed by atoms with Crippen molar-refractivity contribution in [2.45, 2.75) is 45.6 Å². The summed E-state index contributed by atoms with van der Waals surface area (Å²) in [5.74, 6) is -0.744. The minimum absolute atomic E-state index is 0.149. The molecule has 0 radical (unpaired) electrons. The van der Waals surface area contributed by atoms with Crippen LogP contribution in [0.15, 0.2) is 41.7 Å². The van der Waals surface area contributed by atoms with Crippen molar-refractivity contribution in [2.75, 3.05) is 0 Å². The molecule has 1 atom stereocenters. The largest absolute Gasteiger partial charge is 0.456 e. The van der Waals surface area contributed by atoms with Gasteiger partial charge in [-0.3, -0.25) is 4.79 Å². The van der Waals surface area contributed by atoms with Crippen LogP contribution in [0.5, 0.6) is 0 Å². The van der Waals surface area contributed by atoms with Gasteiger partial charge in [0.1, 0.15) is 11.4 Å². The highest BCUT2D eigenvalue weighted by Crippen LogP contribution is 2.36. The van der Waals surface area contributed by atoms with Gasteiger partial charge in [0.25, 0.3) is 0 Å². The molecule has 1 aromatic rings. The van der Waals surface area contributed by atoms with E-state index in [1.54, 1.807) is 6.92 Å². The molecule has 0 fully saturated rings. The molecular weight excluding hydrogens is 268 g/mol. The molecule has 0 aliphatic carbocycles. The lowest BCUT2D eigenvalue weighted by Crippen LogP contribution is -2.30. The van der Waals surface area contributed by atoms with Crippen molar-refractivity contribution in [2.24, 2.45) is 0 Å². The third-order valence-corrected chi connectivity index (χ3v) is 3.19. The minimum atomic E-state index is -0.590. The second-order valence-electron chi connectivity index (χ2n) is 6.11. The lowest BCUT2D eigenvalue weighted by molar-refractivity contribution is -0.152. The van der Waals surface area contributed by atoms with E-state index in [2.05, 4.69) is 0 Å². The molecule has 112 valence electrons. The zero-order valence-corrected chi connectivity index (χ0v) is 12.8. The number of benzene rings is 1. The molecule has 0 N–H and O–H groups in total. The number of allylic oxidation sites excluding steroid dienone is 1. The van der Waals surface area contributed by atoms with Gasteiger partial charge < -0.3 is 9.47 Å². The molecule has 0 unspecified atom stereocenters. The molecule has 0 bridgehead atoms. The first kappa shape index (κ1) is 15.3. The van der Waals surface area contributed by atoms with Gasteiger partial charge in [-0.2, -0.15) is 0 Å². The molecule has 1 aliphatic heterocycles. The van der Waals surface area contributed by atoms with Gasteiger partial charge in [-0.15, -0.1) is 0 Å². The normalized spacial score (nSPS) is 19.2. The summed E-state index contributed by atoms with van der Waals surface area (Å²) in [5, 5.41) is 0. The summed E-state index contributed by atoms with van der Waals surface area (Å²) in [7, 11) is 0. The fraction of sp³-hybridized carbons (Fsp3) is 0.412. The molecule has 0 spiro atoms. The molecule has 21 heavy (non-hydrogen) atoms. The van der Waals surface area contributed by atoms with Gasteiger partial charge in [-0.1, -0.05) is 30.3 Å². The maximum Gasteiger partial charge on any atom is 0.338 e. The number of cyclic esters (lactones) is 1. The Kier molecular flexibility index (Phi) is 4.16. The summed E-state index contributed by atoms with van der Waals surface area (Å²) in [6.45, 7) is 7.07. The second-order valence-corrected chi connectivity index (χ2v) is 6.11. The van der Waals surface area contributed by atoms with Gasteiger partial charge in [0.15, 0.2) is 0 Å². The van der Waals surface area contributed by atoms with Crippen LogP contribution in [0, 0.1) is 0 Å². The third-order valence-electron chi connectivity index (χ3n) is 3.19. The number of esters is 2. The SMILES string of the molecule is CC1=C(C(=O)OC(C)(C)C)[C@H](c2ccccc2)CC(=O)O1. The molecular formula is C17H20O4. The fourth-order valence-corrected chi connectivity index (χ4v) is 2.37. The van der Waals surface area contributed by atoms with E-state index in [9.17, 15) is 9.59 Å². The fourth-order valence-electron chi connectivity index (χ4n) is 2.37. The maximum atomic E-state index is 12.4. The Balaban J connectivity index is 2.40. The lowest BCUT2D eigenvalue weighted by atomic mass is 9.86. The second kappa shape index (κ2) is 5.72. The molecule has 4 heteroatoms. The van der Waals surface area contributed by atoms with Crippen molar-refractivity contribution in [3.8, 4) is 0 Å². The van der Waals surface area contributed by atoms with Crippen LogP contribution in [-0.4, -0.2) is 17.5 Å². The number of hydrogen-bond acceptors (Lipinski definition) is 4. The van der Waals surface area contributed by atoms with E-state index < -0.39 is 11.6 Å². The van der Waals surface area contributed by atoms with Crippen LogP contribution >= 0.6 is 0 Å². The zero-order valence-electron chi connectivity index (χ0n) is 12.8. The molecule has 1 aromatic carbocycles. The van der Waals surface area contributed by atoms with Crippen molar-refractivity contribution >= 4 is 11.9 Å². The number of rotatable bonds is 2. The summed E-state index contributed by atoms with van der Waals surface area (Å²) in [5.41, 5.74) is 0.748. The Morgan fingerprint density at radius 1 is 1.24 bits per heavy atom. The maximum absolute atomic E-state index is 12.4. The highest BCUT2D eigenvalue weighted by atomic mass is 16.6. The standard InChI is InChI=1S/C17H20O4/c1-11-15(16(19)21-17(2,3)4)13(10-14(18)20-11)12-8-6-5-7-9-12/h5-9,13H,10H2,1-4H3/t13-/m0/s1. The Labute approximate surface area is 124 Å². The van der Waals surface area contributed by atoms with E-state index in [1.807, 2.05) is 51.1 Å². The number of carbonyl (C=O) groups excluding carboxylic acids is 2. The molecule has 0 saturated heterocycles. The molecule has 2 rings (SSSR count). The number of ether oxygens (including phenoxy) is 2. The highest BCUT2D eigenvalue weighted by Gasteiger charge is 2.35. The van der Waals surface area contributed by atoms with Gasteiger partial charge in [-0.25, -0.2) is 4.79 Å². The molecule has 0 saturated carbocycles. The van der Waals surface area contributed by atoms with Crippen LogP contribution in [0.3, 0.4) is 0 Å².